The Bertz CT molecular complexity index is 579. The van der Waals surface area contributed by atoms with Crippen LogP contribution in [-0.2, 0) is 0 Å². The second kappa shape index (κ2) is 6.86. The number of nitrogens with one attached hydrogen (secondary N) is 1. The van der Waals surface area contributed by atoms with E-state index in [1.807, 2.05) is 0 Å². The standard InChI is InChI=1S/C21H29N3/c22-12-11-21(9-4-10-21)24-13-7-17(8-14-24)16-23-20-15-19(20)18-5-2-1-3-6-18/h1-3,5-6,17,19-20,23H,4,7-11,13-16H2/t19-,20+/m0/s1. The summed E-state index contributed by atoms with van der Waals surface area (Å²) in [7, 11) is 0. The lowest BCUT2D eigenvalue weighted by Gasteiger charge is -2.51. The number of nitriles is 1. The molecule has 2 aliphatic carbocycles. The van der Waals surface area contributed by atoms with Crippen molar-refractivity contribution >= 4 is 0 Å². The van der Waals surface area contributed by atoms with E-state index in [0.717, 1.165) is 18.3 Å². The highest BCUT2D eigenvalue weighted by Crippen LogP contribution is 2.43. The summed E-state index contributed by atoms with van der Waals surface area (Å²) in [6.07, 6.45) is 8.41. The third-order valence-corrected chi connectivity index (χ3v) is 6.66. The molecule has 1 heterocycles. The van der Waals surface area contributed by atoms with Gasteiger partial charge in [-0.15, -0.1) is 0 Å². The predicted octanol–water partition coefficient (Wildman–Crippen LogP) is 3.68. The smallest absolute Gasteiger partial charge is 0.0641 e. The number of piperidine rings is 1. The molecule has 3 heteroatoms. The lowest BCUT2D eigenvalue weighted by atomic mass is 9.72. The Morgan fingerprint density at radius 1 is 1.17 bits per heavy atom. The zero-order valence-corrected chi connectivity index (χ0v) is 14.6. The Balaban J connectivity index is 1.20. The van der Waals surface area contributed by atoms with E-state index in [9.17, 15) is 0 Å². The number of hydrogen-bond donors (Lipinski definition) is 1. The molecule has 0 bridgehead atoms. The highest BCUT2D eigenvalue weighted by Gasteiger charge is 2.43. The third kappa shape index (κ3) is 3.23. The number of rotatable bonds is 6. The second-order valence-electron chi connectivity index (χ2n) is 8.11. The number of benzene rings is 1. The first-order chi connectivity index (χ1) is 11.8. The quantitative estimate of drug-likeness (QED) is 0.868. The minimum absolute atomic E-state index is 0.252. The fraction of sp³-hybridized carbons (Fsp3) is 0.667. The topological polar surface area (TPSA) is 39.1 Å². The van der Waals surface area contributed by atoms with Crippen LogP contribution < -0.4 is 5.32 Å². The van der Waals surface area contributed by atoms with E-state index in [0.29, 0.717) is 6.04 Å². The van der Waals surface area contributed by atoms with E-state index in [4.69, 9.17) is 5.26 Å². The summed E-state index contributed by atoms with van der Waals surface area (Å²) in [5, 5.41) is 12.9. The van der Waals surface area contributed by atoms with Crippen LogP contribution in [0.25, 0.3) is 0 Å². The van der Waals surface area contributed by atoms with Crippen molar-refractivity contribution in [3.8, 4) is 6.07 Å². The molecule has 0 amide bonds. The molecule has 4 rings (SSSR count). The van der Waals surface area contributed by atoms with E-state index in [2.05, 4.69) is 46.6 Å². The molecule has 1 saturated heterocycles. The maximum atomic E-state index is 9.13. The monoisotopic (exact) mass is 323 g/mol. The molecule has 0 spiro atoms. The van der Waals surface area contributed by atoms with Crippen molar-refractivity contribution in [2.75, 3.05) is 19.6 Å². The van der Waals surface area contributed by atoms with Crippen LogP contribution in [-0.4, -0.2) is 36.1 Å². The minimum atomic E-state index is 0.252. The van der Waals surface area contributed by atoms with Crippen molar-refractivity contribution in [3.63, 3.8) is 0 Å². The van der Waals surface area contributed by atoms with E-state index in [1.54, 1.807) is 0 Å². The highest BCUT2D eigenvalue weighted by atomic mass is 15.2. The highest BCUT2D eigenvalue weighted by molar-refractivity contribution is 5.27. The molecule has 2 atom stereocenters. The summed E-state index contributed by atoms with van der Waals surface area (Å²) in [4.78, 5) is 2.64. The molecule has 24 heavy (non-hydrogen) atoms. The number of likely N-dealkylation sites (tertiary alicyclic amines) is 1. The van der Waals surface area contributed by atoms with Gasteiger partial charge in [-0.1, -0.05) is 30.3 Å². The maximum absolute atomic E-state index is 9.13. The van der Waals surface area contributed by atoms with Gasteiger partial charge in [0.2, 0.25) is 0 Å². The van der Waals surface area contributed by atoms with E-state index in [-0.39, 0.29) is 5.54 Å². The molecule has 0 aromatic heterocycles. The molecule has 1 aromatic carbocycles. The van der Waals surface area contributed by atoms with Crippen LogP contribution >= 0.6 is 0 Å². The first kappa shape index (κ1) is 16.1. The fourth-order valence-corrected chi connectivity index (χ4v) is 4.76. The van der Waals surface area contributed by atoms with Gasteiger partial charge in [-0.05, 0) is 69.6 Å². The van der Waals surface area contributed by atoms with Gasteiger partial charge in [0.05, 0.1) is 12.5 Å². The molecule has 0 radical (unpaired) electrons. The Labute approximate surface area is 146 Å². The van der Waals surface area contributed by atoms with E-state index < -0.39 is 0 Å². The largest absolute Gasteiger partial charge is 0.313 e. The molecular formula is C21H29N3. The van der Waals surface area contributed by atoms with Gasteiger partial charge in [0.15, 0.2) is 0 Å². The van der Waals surface area contributed by atoms with Crippen LogP contribution in [0.3, 0.4) is 0 Å². The second-order valence-corrected chi connectivity index (χ2v) is 8.11. The van der Waals surface area contributed by atoms with Gasteiger partial charge in [-0.3, -0.25) is 4.90 Å². The first-order valence-corrected chi connectivity index (χ1v) is 9.71. The first-order valence-electron chi connectivity index (χ1n) is 9.71. The summed E-state index contributed by atoms with van der Waals surface area (Å²) in [5.74, 6) is 1.55. The molecule has 2 saturated carbocycles. The van der Waals surface area contributed by atoms with Crippen LogP contribution in [0.4, 0.5) is 0 Å². The van der Waals surface area contributed by atoms with Crippen molar-refractivity contribution in [2.24, 2.45) is 5.92 Å². The average Bonchev–Trinajstić information content (AvgIpc) is 3.37. The summed E-state index contributed by atoms with van der Waals surface area (Å²) in [5.41, 5.74) is 1.75. The van der Waals surface area contributed by atoms with Crippen molar-refractivity contribution in [2.45, 2.75) is 62.4 Å². The van der Waals surface area contributed by atoms with Crippen LogP contribution in [0.2, 0.25) is 0 Å². The normalized spacial score (nSPS) is 29.6. The molecule has 1 N–H and O–H groups in total. The molecular weight excluding hydrogens is 294 g/mol. The Morgan fingerprint density at radius 2 is 1.92 bits per heavy atom. The zero-order valence-electron chi connectivity index (χ0n) is 14.6. The Hall–Kier alpha value is -1.37. The van der Waals surface area contributed by atoms with Crippen LogP contribution in [0.1, 0.15) is 56.4 Å². The SMILES string of the molecule is N#CCC1(N2CCC(CN[C@@H]3C[C@H]3c3ccccc3)CC2)CCC1. The lowest BCUT2D eigenvalue weighted by molar-refractivity contribution is -0.00522. The maximum Gasteiger partial charge on any atom is 0.0641 e. The van der Waals surface area contributed by atoms with Crippen molar-refractivity contribution < 1.29 is 0 Å². The summed E-state index contributed by atoms with van der Waals surface area (Å²) in [6, 6.07) is 14.1. The molecule has 0 unspecified atom stereocenters. The zero-order chi connectivity index (χ0) is 16.4. The predicted molar refractivity (Wildman–Crippen MR) is 96.7 cm³/mol. The molecule has 3 fully saturated rings. The van der Waals surface area contributed by atoms with Crippen LogP contribution in [0, 0.1) is 17.2 Å². The average molecular weight is 323 g/mol. The van der Waals surface area contributed by atoms with E-state index in [1.165, 1.54) is 63.7 Å². The van der Waals surface area contributed by atoms with Gasteiger partial charge in [0.1, 0.15) is 0 Å². The molecule has 3 aliphatic rings. The van der Waals surface area contributed by atoms with Gasteiger partial charge in [-0.25, -0.2) is 0 Å². The van der Waals surface area contributed by atoms with Gasteiger partial charge >= 0.3 is 0 Å². The lowest BCUT2D eigenvalue weighted by Crippen LogP contribution is -2.56. The minimum Gasteiger partial charge on any atom is -0.313 e. The molecule has 3 nitrogen and oxygen atoms in total. The van der Waals surface area contributed by atoms with Gasteiger partial charge in [-0.2, -0.15) is 5.26 Å². The van der Waals surface area contributed by atoms with Crippen molar-refractivity contribution in [3.05, 3.63) is 35.9 Å². The third-order valence-electron chi connectivity index (χ3n) is 6.66. The van der Waals surface area contributed by atoms with Crippen LogP contribution in [0.5, 0.6) is 0 Å². The summed E-state index contributed by atoms with van der Waals surface area (Å²) < 4.78 is 0. The number of nitrogens with zero attached hydrogens (tertiary/aromatic N) is 2. The molecule has 1 aliphatic heterocycles. The van der Waals surface area contributed by atoms with E-state index >= 15 is 0 Å². The number of hydrogen-bond acceptors (Lipinski definition) is 3. The summed E-state index contributed by atoms with van der Waals surface area (Å²) >= 11 is 0. The Morgan fingerprint density at radius 3 is 2.54 bits per heavy atom. The van der Waals surface area contributed by atoms with Crippen molar-refractivity contribution in [1.82, 2.24) is 10.2 Å². The van der Waals surface area contributed by atoms with Crippen LogP contribution in [0.15, 0.2) is 30.3 Å². The fourth-order valence-electron chi connectivity index (χ4n) is 4.76. The van der Waals surface area contributed by atoms with Crippen molar-refractivity contribution in [1.29, 1.82) is 5.26 Å². The van der Waals surface area contributed by atoms with Gasteiger partial charge in [0, 0.05) is 17.5 Å². The Kier molecular flexibility index (Phi) is 4.61. The van der Waals surface area contributed by atoms with Gasteiger partial charge in [0.25, 0.3) is 0 Å². The molecule has 128 valence electrons. The van der Waals surface area contributed by atoms with Gasteiger partial charge < -0.3 is 5.32 Å². The summed E-state index contributed by atoms with van der Waals surface area (Å²) in [6.45, 7) is 3.56. The molecule has 1 aromatic rings.